The number of sulfonamides is 1. The van der Waals surface area contributed by atoms with Crippen molar-refractivity contribution in [1.82, 2.24) is 24.2 Å². The van der Waals surface area contributed by atoms with Crippen LogP contribution in [0.2, 0.25) is 0 Å². The van der Waals surface area contributed by atoms with E-state index in [1.54, 1.807) is 26.2 Å². The summed E-state index contributed by atoms with van der Waals surface area (Å²) in [5.74, 6) is 0.791. The molecule has 0 unspecified atom stereocenters. The number of nitrogen functional groups attached to an aromatic ring is 1. The monoisotopic (exact) mass is 491 g/mol. The van der Waals surface area contributed by atoms with Crippen LogP contribution in [0.1, 0.15) is 26.3 Å². The Morgan fingerprint density at radius 3 is 2.50 bits per heavy atom. The van der Waals surface area contributed by atoms with Gasteiger partial charge in [0.15, 0.2) is 0 Å². The summed E-state index contributed by atoms with van der Waals surface area (Å²) < 4.78 is 33.7. The summed E-state index contributed by atoms with van der Waals surface area (Å²) in [5.41, 5.74) is 5.21. The van der Waals surface area contributed by atoms with Gasteiger partial charge in [-0.3, -0.25) is 4.90 Å². The quantitative estimate of drug-likeness (QED) is 0.579. The molecule has 0 bridgehead atoms. The molecule has 0 radical (unpaired) electrons. The topological polar surface area (TPSA) is 138 Å². The molecule has 11 nitrogen and oxygen atoms in total. The average molecular weight is 492 g/mol. The predicted molar refractivity (Wildman–Crippen MR) is 128 cm³/mol. The van der Waals surface area contributed by atoms with Crippen molar-refractivity contribution in [2.75, 3.05) is 56.6 Å². The van der Waals surface area contributed by atoms with Crippen LogP contribution < -0.4 is 10.6 Å². The summed E-state index contributed by atoms with van der Waals surface area (Å²) >= 11 is 0. The first-order valence-electron chi connectivity index (χ1n) is 11.4. The highest BCUT2D eigenvalue weighted by Crippen LogP contribution is 2.25. The highest BCUT2D eigenvalue weighted by molar-refractivity contribution is 7.89. The summed E-state index contributed by atoms with van der Waals surface area (Å²) in [4.78, 5) is 17.5. The zero-order chi connectivity index (χ0) is 24.5. The number of anilines is 2. The molecule has 0 aromatic carbocycles. The Labute approximate surface area is 200 Å². The molecule has 4 heterocycles. The van der Waals surface area contributed by atoms with Crippen LogP contribution in [0.15, 0.2) is 35.6 Å². The number of hydrogen-bond donors (Lipinski definition) is 2. The highest BCUT2D eigenvalue weighted by Gasteiger charge is 2.37. The number of aliphatic hydroxyl groups is 1. The Bertz CT molecular complexity index is 1070. The molecule has 0 saturated carbocycles. The third-order valence-electron chi connectivity index (χ3n) is 6.39. The third kappa shape index (κ3) is 5.31. The SMILES string of the molecule is C[C@H]1COCCN1C[C@H]1CN(S(=O)(=O)c2ccc(N)nc2)CCN1c1ncc(C(C)(C)O)cn1. The van der Waals surface area contributed by atoms with E-state index in [0.717, 1.165) is 6.54 Å². The van der Waals surface area contributed by atoms with Gasteiger partial charge in [-0.2, -0.15) is 4.31 Å². The number of hydrogen-bond acceptors (Lipinski definition) is 10. The maximum absolute atomic E-state index is 13.3. The van der Waals surface area contributed by atoms with Crippen molar-refractivity contribution in [3.05, 3.63) is 36.3 Å². The minimum atomic E-state index is -3.73. The second kappa shape index (κ2) is 9.70. The number of nitrogens with two attached hydrogens (primary N) is 1. The van der Waals surface area contributed by atoms with Gasteiger partial charge in [-0.05, 0) is 32.9 Å². The van der Waals surface area contributed by atoms with E-state index in [4.69, 9.17) is 10.5 Å². The van der Waals surface area contributed by atoms with Crippen molar-refractivity contribution < 1.29 is 18.3 Å². The van der Waals surface area contributed by atoms with Gasteiger partial charge in [-0.25, -0.2) is 23.4 Å². The fourth-order valence-corrected chi connectivity index (χ4v) is 5.66. The van der Waals surface area contributed by atoms with Gasteiger partial charge >= 0.3 is 0 Å². The number of piperazine rings is 1. The Morgan fingerprint density at radius 1 is 1.15 bits per heavy atom. The summed E-state index contributed by atoms with van der Waals surface area (Å²) in [6.45, 7) is 9.20. The van der Waals surface area contributed by atoms with Crippen LogP contribution in [0.3, 0.4) is 0 Å². The smallest absolute Gasteiger partial charge is 0.244 e. The lowest BCUT2D eigenvalue weighted by Gasteiger charge is -2.44. The van der Waals surface area contributed by atoms with Crippen molar-refractivity contribution in [2.45, 2.75) is 43.4 Å². The second-order valence-corrected chi connectivity index (χ2v) is 11.3. The molecule has 12 heteroatoms. The maximum Gasteiger partial charge on any atom is 0.244 e. The van der Waals surface area contributed by atoms with E-state index in [-0.39, 0.29) is 29.3 Å². The summed E-state index contributed by atoms with van der Waals surface area (Å²) in [5, 5.41) is 10.2. The van der Waals surface area contributed by atoms with E-state index in [1.165, 1.54) is 22.6 Å². The summed E-state index contributed by atoms with van der Waals surface area (Å²) in [6.07, 6.45) is 4.55. The van der Waals surface area contributed by atoms with Gasteiger partial charge < -0.3 is 20.5 Å². The molecule has 2 aromatic rings. The van der Waals surface area contributed by atoms with Crippen LogP contribution >= 0.6 is 0 Å². The van der Waals surface area contributed by atoms with Crippen LogP contribution in [-0.4, -0.2) is 95.7 Å². The molecule has 0 spiro atoms. The van der Waals surface area contributed by atoms with Gasteiger partial charge in [-0.1, -0.05) is 0 Å². The zero-order valence-electron chi connectivity index (χ0n) is 19.8. The summed E-state index contributed by atoms with van der Waals surface area (Å²) in [7, 11) is -3.73. The molecular weight excluding hydrogens is 458 g/mol. The normalized spacial score (nSPS) is 23.2. The van der Waals surface area contributed by atoms with Crippen LogP contribution in [-0.2, 0) is 20.4 Å². The highest BCUT2D eigenvalue weighted by atomic mass is 32.2. The predicted octanol–water partition coefficient (Wildman–Crippen LogP) is 0.281. The Balaban J connectivity index is 1.60. The van der Waals surface area contributed by atoms with E-state index < -0.39 is 15.6 Å². The summed E-state index contributed by atoms with van der Waals surface area (Å²) in [6, 6.07) is 3.04. The average Bonchev–Trinajstić information content (AvgIpc) is 2.80. The number of aromatic nitrogens is 3. The van der Waals surface area contributed by atoms with Crippen molar-refractivity contribution in [3.8, 4) is 0 Å². The molecule has 2 aromatic heterocycles. The molecule has 0 aliphatic carbocycles. The van der Waals surface area contributed by atoms with Gasteiger partial charge in [0, 0.05) is 62.9 Å². The first-order valence-corrected chi connectivity index (χ1v) is 12.8. The van der Waals surface area contributed by atoms with Crippen LogP contribution in [0.5, 0.6) is 0 Å². The lowest BCUT2D eigenvalue weighted by Crippen LogP contribution is -2.60. The van der Waals surface area contributed by atoms with E-state index in [1.807, 2.05) is 0 Å². The van der Waals surface area contributed by atoms with E-state index in [9.17, 15) is 13.5 Å². The van der Waals surface area contributed by atoms with Gasteiger partial charge in [0.05, 0.1) is 24.9 Å². The molecular formula is C22H33N7O4S. The number of pyridine rings is 1. The molecule has 34 heavy (non-hydrogen) atoms. The van der Waals surface area contributed by atoms with Gasteiger partial charge in [0.25, 0.3) is 0 Å². The van der Waals surface area contributed by atoms with Crippen LogP contribution in [0.4, 0.5) is 11.8 Å². The molecule has 2 atom stereocenters. The lowest BCUT2D eigenvalue weighted by molar-refractivity contribution is -0.00453. The molecule has 4 rings (SSSR count). The van der Waals surface area contributed by atoms with E-state index in [2.05, 4.69) is 31.7 Å². The molecule has 186 valence electrons. The second-order valence-electron chi connectivity index (χ2n) is 9.38. The number of ether oxygens (including phenoxy) is 1. The van der Waals surface area contributed by atoms with Crippen molar-refractivity contribution in [1.29, 1.82) is 0 Å². The standard InChI is InChI=1S/C22H33N7O4S/c1-16-15-33-9-8-27(16)13-18-14-28(34(31,32)19-4-5-20(23)24-12-19)6-7-29(18)21-25-10-17(11-26-21)22(2,3)30/h4-5,10-12,16,18,30H,6-9,13-15H2,1-3H3,(H2,23,24)/t16-,18-/m0/s1. The fourth-order valence-electron chi connectivity index (χ4n) is 4.25. The number of rotatable bonds is 6. The molecule has 2 aliphatic rings. The lowest BCUT2D eigenvalue weighted by atomic mass is 10.0. The van der Waals surface area contributed by atoms with Crippen LogP contribution in [0, 0.1) is 0 Å². The van der Waals surface area contributed by atoms with Gasteiger partial charge in [0.1, 0.15) is 10.7 Å². The van der Waals surface area contributed by atoms with Crippen molar-refractivity contribution >= 4 is 21.8 Å². The number of nitrogens with zero attached hydrogens (tertiary/aromatic N) is 6. The fraction of sp³-hybridized carbons (Fsp3) is 0.591. The van der Waals surface area contributed by atoms with Gasteiger partial charge in [-0.15, -0.1) is 0 Å². The van der Waals surface area contributed by atoms with E-state index in [0.29, 0.717) is 44.4 Å². The molecule has 0 amide bonds. The third-order valence-corrected chi connectivity index (χ3v) is 8.24. The Morgan fingerprint density at radius 2 is 1.88 bits per heavy atom. The minimum absolute atomic E-state index is 0.124. The Kier molecular flexibility index (Phi) is 7.06. The first kappa shape index (κ1) is 24.7. The first-order chi connectivity index (χ1) is 16.1. The van der Waals surface area contributed by atoms with Crippen molar-refractivity contribution in [3.63, 3.8) is 0 Å². The van der Waals surface area contributed by atoms with E-state index >= 15 is 0 Å². The largest absolute Gasteiger partial charge is 0.386 e. The molecule has 2 saturated heterocycles. The maximum atomic E-state index is 13.3. The molecule has 3 N–H and O–H groups in total. The Hall–Kier alpha value is -2.38. The zero-order valence-corrected chi connectivity index (χ0v) is 20.6. The molecule has 2 aliphatic heterocycles. The number of morpholine rings is 1. The van der Waals surface area contributed by atoms with Crippen LogP contribution in [0.25, 0.3) is 0 Å². The van der Waals surface area contributed by atoms with Crippen molar-refractivity contribution in [2.24, 2.45) is 0 Å². The molecule has 2 fully saturated rings. The minimum Gasteiger partial charge on any atom is -0.386 e. The van der Waals surface area contributed by atoms with Gasteiger partial charge in [0.2, 0.25) is 16.0 Å².